The predicted octanol–water partition coefficient (Wildman–Crippen LogP) is 0.792. The Balaban J connectivity index is 3.68. The zero-order valence-corrected chi connectivity index (χ0v) is 7.28. The van der Waals surface area contributed by atoms with E-state index in [4.69, 9.17) is 14.7 Å². The quantitative estimate of drug-likeness (QED) is 0.370. The lowest BCUT2D eigenvalue weighted by atomic mass is 10.4. The Morgan fingerprint density at radius 1 is 1.33 bits per heavy atom. The molecule has 0 aromatic carbocycles. The highest BCUT2D eigenvalue weighted by Crippen LogP contribution is 2.01. The van der Waals surface area contributed by atoms with Gasteiger partial charge in [-0.3, -0.25) is 0 Å². The maximum Gasteiger partial charge on any atom is 0.347 e. The van der Waals surface area contributed by atoms with E-state index in [2.05, 4.69) is 4.89 Å². The van der Waals surface area contributed by atoms with Crippen LogP contribution in [0.2, 0.25) is 0 Å². The molecule has 0 heterocycles. The number of hydrogen-bond donors (Lipinski definition) is 1. The summed E-state index contributed by atoms with van der Waals surface area (Å²) < 4.78 is 10.0. The summed E-state index contributed by atoms with van der Waals surface area (Å²) >= 11 is 0. The molecule has 5 heteroatoms. The van der Waals surface area contributed by atoms with E-state index in [0.717, 1.165) is 0 Å². The standard InChI is InChI=1S/C7H14O5/c1-3-10-7(11-4-2)5-6(8)12-9/h7,9H,3-5H2,1-2H3. The van der Waals surface area contributed by atoms with E-state index in [1.54, 1.807) is 13.8 Å². The second kappa shape index (κ2) is 7.02. The summed E-state index contributed by atoms with van der Waals surface area (Å²) in [4.78, 5) is 14.0. The van der Waals surface area contributed by atoms with Gasteiger partial charge < -0.3 is 14.4 Å². The van der Waals surface area contributed by atoms with Crippen LogP contribution in [0.25, 0.3) is 0 Å². The van der Waals surface area contributed by atoms with E-state index >= 15 is 0 Å². The lowest BCUT2D eigenvalue weighted by Crippen LogP contribution is -2.22. The van der Waals surface area contributed by atoms with Gasteiger partial charge in [0.25, 0.3) is 0 Å². The molecule has 0 saturated heterocycles. The van der Waals surface area contributed by atoms with Crippen LogP contribution in [0, 0.1) is 0 Å². The SMILES string of the molecule is CCOC(CC(=O)OO)OCC. The third-order valence-electron chi connectivity index (χ3n) is 1.14. The molecular weight excluding hydrogens is 164 g/mol. The van der Waals surface area contributed by atoms with Gasteiger partial charge in [0.05, 0.1) is 6.42 Å². The Morgan fingerprint density at radius 2 is 1.83 bits per heavy atom. The molecule has 0 aromatic heterocycles. The molecule has 72 valence electrons. The first-order valence-corrected chi connectivity index (χ1v) is 3.82. The van der Waals surface area contributed by atoms with Crippen molar-refractivity contribution in [2.75, 3.05) is 13.2 Å². The molecule has 0 radical (unpaired) electrons. The van der Waals surface area contributed by atoms with Crippen molar-refractivity contribution in [3.05, 3.63) is 0 Å². The van der Waals surface area contributed by atoms with Gasteiger partial charge in [-0.25, -0.2) is 4.79 Å². The van der Waals surface area contributed by atoms with Crippen LogP contribution in [0.1, 0.15) is 20.3 Å². The second-order valence-electron chi connectivity index (χ2n) is 2.01. The van der Waals surface area contributed by atoms with Crippen LogP contribution in [-0.4, -0.2) is 30.7 Å². The van der Waals surface area contributed by atoms with Gasteiger partial charge in [0.1, 0.15) is 0 Å². The first-order chi connectivity index (χ1) is 5.74. The fraction of sp³-hybridized carbons (Fsp3) is 0.857. The van der Waals surface area contributed by atoms with Crippen molar-refractivity contribution in [2.45, 2.75) is 26.6 Å². The summed E-state index contributed by atoms with van der Waals surface area (Å²) in [6.45, 7) is 4.47. The van der Waals surface area contributed by atoms with E-state index in [9.17, 15) is 4.79 Å². The Bertz CT molecular complexity index is 119. The minimum atomic E-state index is -0.762. The van der Waals surface area contributed by atoms with Crippen LogP contribution in [0.4, 0.5) is 0 Å². The van der Waals surface area contributed by atoms with Crippen molar-refractivity contribution in [2.24, 2.45) is 0 Å². The number of ether oxygens (including phenoxy) is 2. The van der Waals surface area contributed by atoms with E-state index in [1.165, 1.54) is 0 Å². The highest BCUT2D eigenvalue weighted by molar-refractivity contribution is 5.68. The second-order valence-corrected chi connectivity index (χ2v) is 2.01. The third kappa shape index (κ3) is 5.06. The first-order valence-electron chi connectivity index (χ1n) is 3.82. The zero-order valence-electron chi connectivity index (χ0n) is 7.28. The van der Waals surface area contributed by atoms with Gasteiger partial charge >= 0.3 is 5.97 Å². The predicted molar refractivity (Wildman–Crippen MR) is 40.4 cm³/mol. The van der Waals surface area contributed by atoms with Gasteiger partial charge in [-0.2, -0.15) is 5.26 Å². The fourth-order valence-electron chi connectivity index (χ4n) is 0.711. The zero-order chi connectivity index (χ0) is 9.40. The summed E-state index contributed by atoms with van der Waals surface area (Å²) in [7, 11) is 0. The van der Waals surface area contributed by atoms with Crippen molar-refractivity contribution >= 4 is 5.97 Å². The molecule has 1 N–H and O–H groups in total. The highest BCUT2D eigenvalue weighted by Gasteiger charge is 2.14. The molecule has 0 amide bonds. The Hall–Kier alpha value is -0.650. The molecule has 0 aliphatic rings. The Labute approximate surface area is 71.2 Å². The van der Waals surface area contributed by atoms with Crippen LogP contribution in [-0.2, 0) is 19.2 Å². The van der Waals surface area contributed by atoms with Crippen molar-refractivity contribution in [3.63, 3.8) is 0 Å². The van der Waals surface area contributed by atoms with Crippen molar-refractivity contribution in [1.29, 1.82) is 0 Å². The van der Waals surface area contributed by atoms with E-state index in [0.29, 0.717) is 13.2 Å². The topological polar surface area (TPSA) is 65.0 Å². The van der Waals surface area contributed by atoms with Crippen molar-refractivity contribution < 1.29 is 24.4 Å². The maximum absolute atomic E-state index is 10.5. The van der Waals surface area contributed by atoms with Gasteiger partial charge in [-0.05, 0) is 13.8 Å². The summed E-state index contributed by atoms with van der Waals surface area (Å²) in [6.07, 6.45) is -0.724. The van der Waals surface area contributed by atoms with E-state index < -0.39 is 12.3 Å². The van der Waals surface area contributed by atoms with Gasteiger partial charge in [0, 0.05) is 13.2 Å². The minimum absolute atomic E-state index is 0.0990. The summed E-state index contributed by atoms with van der Waals surface area (Å²) in [5.74, 6) is -0.762. The molecule has 5 nitrogen and oxygen atoms in total. The summed E-state index contributed by atoms with van der Waals surface area (Å²) in [6, 6.07) is 0. The fourth-order valence-corrected chi connectivity index (χ4v) is 0.711. The number of hydrogen-bond acceptors (Lipinski definition) is 5. The molecule has 0 aromatic rings. The molecule has 0 aliphatic carbocycles. The lowest BCUT2D eigenvalue weighted by Gasteiger charge is -2.14. The average Bonchev–Trinajstić information content (AvgIpc) is 2.05. The van der Waals surface area contributed by atoms with Crippen LogP contribution < -0.4 is 0 Å². The molecular formula is C7H14O5. The Morgan fingerprint density at radius 3 is 2.17 bits per heavy atom. The molecule has 0 fully saturated rings. The van der Waals surface area contributed by atoms with Gasteiger partial charge in [0.2, 0.25) is 0 Å². The molecule has 0 rings (SSSR count). The number of carbonyl (C=O) groups excluding carboxylic acids is 1. The van der Waals surface area contributed by atoms with Gasteiger partial charge in [0.15, 0.2) is 6.29 Å². The maximum atomic E-state index is 10.5. The molecule has 0 unspecified atom stereocenters. The largest absolute Gasteiger partial charge is 0.352 e. The van der Waals surface area contributed by atoms with Crippen molar-refractivity contribution in [1.82, 2.24) is 0 Å². The summed E-state index contributed by atoms with van der Waals surface area (Å²) in [5.41, 5.74) is 0. The van der Waals surface area contributed by atoms with Crippen LogP contribution in [0.15, 0.2) is 0 Å². The Kier molecular flexibility index (Phi) is 6.64. The molecule has 0 atom stereocenters. The van der Waals surface area contributed by atoms with E-state index in [-0.39, 0.29) is 6.42 Å². The third-order valence-corrected chi connectivity index (χ3v) is 1.14. The minimum Gasteiger partial charge on any atom is -0.352 e. The van der Waals surface area contributed by atoms with E-state index in [1.807, 2.05) is 0 Å². The first kappa shape index (κ1) is 11.4. The van der Waals surface area contributed by atoms with Gasteiger partial charge in [-0.1, -0.05) is 0 Å². The van der Waals surface area contributed by atoms with Crippen LogP contribution >= 0.6 is 0 Å². The molecule has 12 heavy (non-hydrogen) atoms. The van der Waals surface area contributed by atoms with Crippen LogP contribution in [0.3, 0.4) is 0 Å². The van der Waals surface area contributed by atoms with Crippen LogP contribution in [0.5, 0.6) is 0 Å². The van der Waals surface area contributed by atoms with Gasteiger partial charge in [-0.15, -0.1) is 0 Å². The molecule has 0 aliphatic heterocycles. The average molecular weight is 178 g/mol. The monoisotopic (exact) mass is 178 g/mol. The smallest absolute Gasteiger partial charge is 0.347 e. The molecule has 0 saturated carbocycles. The van der Waals surface area contributed by atoms with Crippen molar-refractivity contribution in [3.8, 4) is 0 Å². The summed E-state index contributed by atoms with van der Waals surface area (Å²) in [5, 5.41) is 7.96. The normalized spacial score (nSPS) is 10.3. The highest BCUT2D eigenvalue weighted by atomic mass is 17.1. The molecule has 0 spiro atoms. The number of rotatable bonds is 6. The lowest BCUT2D eigenvalue weighted by molar-refractivity contribution is -0.242. The number of carbonyl (C=O) groups is 1. The molecule has 0 bridgehead atoms.